The number of rotatable bonds is 4. The Hall–Kier alpha value is -1.24. The maximum Gasteiger partial charge on any atom is 0.313 e. The van der Waals surface area contributed by atoms with Crippen molar-refractivity contribution in [1.82, 2.24) is 15.2 Å². The monoisotopic (exact) mass is 303 g/mol. The van der Waals surface area contributed by atoms with Gasteiger partial charge in [0.15, 0.2) is 5.82 Å². The molecule has 0 aliphatic carbocycles. The quantitative estimate of drug-likeness (QED) is 0.849. The summed E-state index contributed by atoms with van der Waals surface area (Å²) in [5, 5.41) is 16.5. The Morgan fingerprint density at radius 2 is 2.00 bits per heavy atom. The number of nitrogens with zero attached hydrogens (tertiary/aromatic N) is 2. The van der Waals surface area contributed by atoms with Gasteiger partial charge in [-0.1, -0.05) is 35.0 Å². The SMILES string of the molecule is O=C(O)CSc1n[nH]c(-c2cc(Cl)cc(Cl)c2)n1. The number of aromatic nitrogens is 3. The molecule has 0 amide bonds. The number of carboxylic acids is 1. The van der Waals surface area contributed by atoms with Crippen LogP contribution in [0.1, 0.15) is 0 Å². The van der Waals surface area contributed by atoms with Crippen molar-refractivity contribution >= 4 is 40.9 Å². The molecule has 0 spiro atoms. The molecule has 94 valence electrons. The van der Waals surface area contributed by atoms with Gasteiger partial charge in [-0.25, -0.2) is 4.98 Å². The molecular formula is C10H7Cl2N3O2S. The van der Waals surface area contributed by atoms with E-state index in [0.29, 0.717) is 26.6 Å². The van der Waals surface area contributed by atoms with E-state index in [1.807, 2.05) is 0 Å². The van der Waals surface area contributed by atoms with Crippen molar-refractivity contribution in [1.29, 1.82) is 0 Å². The number of carboxylic acid groups (broad SMARTS) is 1. The van der Waals surface area contributed by atoms with E-state index >= 15 is 0 Å². The number of carbonyl (C=O) groups is 1. The molecule has 2 N–H and O–H groups in total. The van der Waals surface area contributed by atoms with Crippen molar-refractivity contribution in [3.8, 4) is 11.4 Å². The van der Waals surface area contributed by atoms with Crippen LogP contribution < -0.4 is 0 Å². The van der Waals surface area contributed by atoms with Gasteiger partial charge in [0.2, 0.25) is 5.16 Å². The number of aromatic amines is 1. The molecule has 0 fully saturated rings. The molecule has 8 heteroatoms. The standard InChI is InChI=1S/C10H7Cl2N3O2S/c11-6-1-5(2-7(12)3-6)9-13-10(15-14-9)18-4-8(16)17/h1-3H,4H2,(H,16,17)(H,13,14,15). The second-order valence-electron chi connectivity index (χ2n) is 3.31. The summed E-state index contributed by atoms with van der Waals surface area (Å²) >= 11 is 12.8. The molecule has 0 saturated carbocycles. The van der Waals surface area contributed by atoms with Crippen molar-refractivity contribution in [2.45, 2.75) is 5.16 Å². The molecule has 0 radical (unpaired) electrons. The first kappa shape index (κ1) is 13.2. The van der Waals surface area contributed by atoms with Crippen LogP contribution in [0.15, 0.2) is 23.4 Å². The van der Waals surface area contributed by atoms with E-state index in [1.54, 1.807) is 18.2 Å². The molecule has 0 bridgehead atoms. The number of aliphatic carboxylic acids is 1. The molecule has 0 aliphatic rings. The van der Waals surface area contributed by atoms with Gasteiger partial charge < -0.3 is 5.11 Å². The predicted octanol–water partition coefficient (Wildman–Crippen LogP) is 2.96. The van der Waals surface area contributed by atoms with Gasteiger partial charge >= 0.3 is 5.97 Å². The predicted molar refractivity (Wildman–Crippen MR) is 70.2 cm³/mol. The van der Waals surface area contributed by atoms with Crippen molar-refractivity contribution in [2.24, 2.45) is 0 Å². The van der Waals surface area contributed by atoms with Crippen LogP contribution in [0.25, 0.3) is 11.4 Å². The Balaban J connectivity index is 2.21. The molecule has 0 unspecified atom stereocenters. The number of H-pyrrole nitrogens is 1. The minimum absolute atomic E-state index is 0.0897. The molecule has 0 saturated heterocycles. The molecule has 0 atom stereocenters. The van der Waals surface area contributed by atoms with Crippen LogP contribution in [0.5, 0.6) is 0 Å². The second kappa shape index (κ2) is 5.60. The van der Waals surface area contributed by atoms with Gasteiger partial charge in [-0.2, -0.15) is 0 Å². The molecular weight excluding hydrogens is 297 g/mol. The number of halogens is 2. The number of hydrogen-bond acceptors (Lipinski definition) is 4. The number of hydrogen-bond donors (Lipinski definition) is 2. The Kier molecular flexibility index (Phi) is 4.11. The summed E-state index contributed by atoms with van der Waals surface area (Å²) in [6.45, 7) is 0. The summed E-state index contributed by atoms with van der Waals surface area (Å²) in [5.41, 5.74) is 0.696. The van der Waals surface area contributed by atoms with Crippen LogP contribution >= 0.6 is 35.0 Å². The summed E-state index contributed by atoms with van der Waals surface area (Å²) in [5.74, 6) is -0.516. The van der Waals surface area contributed by atoms with Crippen LogP contribution in [0.3, 0.4) is 0 Å². The highest BCUT2D eigenvalue weighted by molar-refractivity contribution is 7.99. The van der Waals surface area contributed by atoms with Gasteiger partial charge in [0.1, 0.15) is 0 Å². The zero-order chi connectivity index (χ0) is 13.1. The van der Waals surface area contributed by atoms with Crippen molar-refractivity contribution in [2.75, 3.05) is 5.75 Å². The lowest BCUT2D eigenvalue weighted by atomic mass is 10.2. The highest BCUT2D eigenvalue weighted by atomic mass is 35.5. The molecule has 0 aliphatic heterocycles. The van der Waals surface area contributed by atoms with E-state index in [9.17, 15) is 4.79 Å². The van der Waals surface area contributed by atoms with Crippen LogP contribution in [0, 0.1) is 0 Å². The molecule has 1 heterocycles. The summed E-state index contributed by atoms with van der Waals surface area (Å²) in [6.07, 6.45) is 0. The van der Waals surface area contributed by atoms with Gasteiger partial charge in [0.05, 0.1) is 5.75 Å². The van der Waals surface area contributed by atoms with Crippen LogP contribution in [0.2, 0.25) is 10.0 Å². The summed E-state index contributed by atoms with van der Waals surface area (Å²) in [7, 11) is 0. The topological polar surface area (TPSA) is 78.9 Å². The average Bonchev–Trinajstić information content (AvgIpc) is 2.73. The van der Waals surface area contributed by atoms with Gasteiger partial charge in [0.25, 0.3) is 0 Å². The molecule has 2 aromatic rings. The summed E-state index contributed by atoms with van der Waals surface area (Å²) < 4.78 is 0. The van der Waals surface area contributed by atoms with E-state index in [1.165, 1.54) is 0 Å². The van der Waals surface area contributed by atoms with E-state index in [2.05, 4.69) is 15.2 Å². The Morgan fingerprint density at radius 3 is 2.61 bits per heavy atom. The highest BCUT2D eigenvalue weighted by Gasteiger charge is 2.09. The lowest BCUT2D eigenvalue weighted by molar-refractivity contribution is -0.133. The average molecular weight is 304 g/mol. The first-order valence-corrected chi connectivity index (χ1v) is 6.52. The van der Waals surface area contributed by atoms with Crippen LogP contribution in [0.4, 0.5) is 0 Å². The van der Waals surface area contributed by atoms with Gasteiger partial charge in [0, 0.05) is 15.6 Å². The zero-order valence-corrected chi connectivity index (χ0v) is 11.2. The molecule has 2 rings (SSSR count). The van der Waals surface area contributed by atoms with Gasteiger partial charge in [-0.15, -0.1) is 5.10 Å². The smallest absolute Gasteiger partial charge is 0.313 e. The zero-order valence-electron chi connectivity index (χ0n) is 8.85. The minimum Gasteiger partial charge on any atom is -0.481 e. The van der Waals surface area contributed by atoms with Gasteiger partial charge in [-0.05, 0) is 18.2 Å². The lowest BCUT2D eigenvalue weighted by Crippen LogP contribution is -1.97. The van der Waals surface area contributed by atoms with Gasteiger partial charge in [-0.3, -0.25) is 9.89 Å². The maximum atomic E-state index is 10.4. The van der Waals surface area contributed by atoms with E-state index in [0.717, 1.165) is 11.8 Å². The summed E-state index contributed by atoms with van der Waals surface area (Å²) in [6, 6.07) is 5.00. The Morgan fingerprint density at radius 1 is 1.33 bits per heavy atom. The maximum absolute atomic E-state index is 10.4. The summed E-state index contributed by atoms with van der Waals surface area (Å²) in [4.78, 5) is 14.6. The number of thioether (sulfide) groups is 1. The molecule has 18 heavy (non-hydrogen) atoms. The van der Waals surface area contributed by atoms with E-state index in [-0.39, 0.29) is 5.75 Å². The molecule has 1 aromatic heterocycles. The van der Waals surface area contributed by atoms with Crippen LogP contribution in [-0.4, -0.2) is 32.0 Å². The first-order valence-electron chi connectivity index (χ1n) is 4.78. The third-order valence-electron chi connectivity index (χ3n) is 1.93. The highest BCUT2D eigenvalue weighted by Crippen LogP contribution is 2.26. The van der Waals surface area contributed by atoms with E-state index < -0.39 is 5.97 Å². The fourth-order valence-electron chi connectivity index (χ4n) is 1.26. The second-order valence-corrected chi connectivity index (χ2v) is 5.12. The Labute approximate surface area is 117 Å². The third kappa shape index (κ3) is 3.38. The molecule has 5 nitrogen and oxygen atoms in total. The van der Waals surface area contributed by atoms with Crippen LogP contribution in [-0.2, 0) is 4.79 Å². The lowest BCUT2D eigenvalue weighted by Gasteiger charge is -1.98. The van der Waals surface area contributed by atoms with E-state index in [4.69, 9.17) is 28.3 Å². The fourth-order valence-corrected chi connectivity index (χ4v) is 2.30. The minimum atomic E-state index is -0.919. The third-order valence-corrected chi connectivity index (χ3v) is 3.19. The first-order chi connectivity index (χ1) is 8.54. The van der Waals surface area contributed by atoms with Crippen molar-refractivity contribution < 1.29 is 9.90 Å². The normalized spacial score (nSPS) is 10.6. The largest absolute Gasteiger partial charge is 0.481 e. The van der Waals surface area contributed by atoms with Crippen molar-refractivity contribution in [3.63, 3.8) is 0 Å². The van der Waals surface area contributed by atoms with Crippen molar-refractivity contribution in [3.05, 3.63) is 28.2 Å². The number of benzene rings is 1. The number of nitrogens with one attached hydrogen (secondary N) is 1. The Bertz CT molecular complexity index is 568. The molecule has 1 aromatic carbocycles. The fraction of sp³-hybridized carbons (Fsp3) is 0.100.